The van der Waals surface area contributed by atoms with E-state index in [0.29, 0.717) is 11.6 Å². The molecule has 5 nitrogen and oxygen atoms in total. The molecule has 5 heteroatoms. The fourth-order valence-electron chi connectivity index (χ4n) is 2.60. The Kier molecular flexibility index (Phi) is 4.02. The van der Waals surface area contributed by atoms with Gasteiger partial charge < -0.3 is 10.6 Å². The lowest BCUT2D eigenvalue weighted by molar-refractivity contribution is 0.310. The smallest absolute Gasteiger partial charge is 0.226 e. The Morgan fingerprint density at radius 1 is 1.37 bits per heavy atom. The molecule has 0 atom stereocenters. The number of hydrogen-bond donors (Lipinski definition) is 2. The van der Waals surface area contributed by atoms with Crippen LogP contribution in [-0.2, 0) is 0 Å². The first-order valence-electron chi connectivity index (χ1n) is 6.92. The Bertz CT molecular complexity index is 461. The Hall–Kier alpha value is -1.65. The Morgan fingerprint density at radius 3 is 2.53 bits per heavy atom. The number of hydrogen-bond acceptors (Lipinski definition) is 4. The van der Waals surface area contributed by atoms with Gasteiger partial charge in [-0.05, 0) is 37.7 Å². The SMILES string of the molecule is Cc1cc(C(=N)N)nc(N2CCC(C(C)C)CC2)n1. The van der Waals surface area contributed by atoms with Crippen LogP contribution in [0.1, 0.15) is 38.1 Å². The Morgan fingerprint density at radius 2 is 2.00 bits per heavy atom. The summed E-state index contributed by atoms with van der Waals surface area (Å²) in [5.41, 5.74) is 6.90. The molecule has 104 valence electrons. The quantitative estimate of drug-likeness (QED) is 0.644. The summed E-state index contributed by atoms with van der Waals surface area (Å²) < 4.78 is 0. The van der Waals surface area contributed by atoms with Gasteiger partial charge in [0, 0.05) is 18.8 Å². The molecular weight excluding hydrogens is 238 g/mol. The van der Waals surface area contributed by atoms with E-state index in [9.17, 15) is 0 Å². The van der Waals surface area contributed by atoms with Gasteiger partial charge in [0.25, 0.3) is 0 Å². The monoisotopic (exact) mass is 261 g/mol. The first-order chi connectivity index (χ1) is 8.97. The van der Waals surface area contributed by atoms with Crippen molar-refractivity contribution in [2.45, 2.75) is 33.6 Å². The number of nitrogens with two attached hydrogens (primary N) is 1. The molecule has 0 bridgehead atoms. The van der Waals surface area contributed by atoms with E-state index in [2.05, 4.69) is 28.7 Å². The minimum Gasteiger partial charge on any atom is -0.382 e. The zero-order valence-electron chi connectivity index (χ0n) is 12.0. The summed E-state index contributed by atoms with van der Waals surface area (Å²) in [5, 5.41) is 7.50. The van der Waals surface area contributed by atoms with E-state index in [4.69, 9.17) is 11.1 Å². The molecule has 0 aliphatic carbocycles. The fraction of sp³-hybridized carbons (Fsp3) is 0.643. The molecule has 0 aromatic carbocycles. The van der Waals surface area contributed by atoms with Crippen LogP contribution in [0.25, 0.3) is 0 Å². The number of aryl methyl sites for hydroxylation is 1. The highest BCUT2D eigenvalue weighted by Crippen LogP contribution is 2.26. The van der Waals surface area contributed by atoms with E-state index in [-0.39, 0.29) is 5.84 Å². The number of nitrogens with zero attached hydrogens (tertiary/aromatic N) is 3. The third-order valence-corrected chi connectivity index (χ3v) is 3.88. The number of anilines is 1. The second kappa shape index (κ2) is 5.55. The highest BCUT2D eigenvalue weighted by atomic mass is 15.3. The molecule has 1 saturated heterocycles. The molecule has 19 heavy (non-hydrogen) atoms. The minimum absolute atomic E-state index is 0.00353. The molecule has 0 amide bonds. The standard InChI is InChI=1S/C14H23N5/c1-9(2)11-4-6-19(7-5-11)14-17-10(3)8-12(18-14)13(15)16/h8-9,11H,4-7H2,1-3H3,(H3,15,16). The first-order valence-corrected chi connectivity index (χ1v) is 6.92. The lowest BCUT2D eigenvalue weighted by Crippen LogP contribution is -2.36. The maximum Gasteiger partial charge on any atom is 0.226 e. The van der Waals surface area contributed by atoms with Crippen LogP contribution < -0.4 is 10.6 Å². The summed E-state index contributed by atoms with van der Waals surface area (Å²) in [6, 6.07) is 1.76. The van der Waals surface area contributed by atoms with E-state index >= 15 is 0 Å². The average molecular weight is 261 g/mol. The normalized spacial score (nSPS) is 16.9. The van der Waals surface area contributed by atoms with Crippen LogP contribution in [0, 0.1) is 24.2 Å². The second-order valence-corrected chi connectivity index (χ2v) is 5.68. The second-order valence-electron chi connectivity index (χ2n) is 5.68. The van der Waals surface area contributed by atoms with Gasteiger partial charge in [-0.1, -0.05) is 13.8 Å². The number of aromatic nitrogens is 2. The highest BCUT2D eigenvalue weighted by Gasteiger charge is 2.23. The lowest BCUT2D eigenvalue weighted by Gasteiger charge is -2.34. The van der Waals surface area contributed by atoms with Crippen molar-refractivity contribution in [1.82, 2.24) is 9.97 Å². The van der Waals surface area contributed by atoms with Crippen molar-refractivity contribution in [3.8, 4) is 0 Å². The molecule has 0 spiro atoms. The van der Waals surface area contributed by atoms with E-state index in [1.807, 2.05) is 6.92 Å². The highest BCUT2D eigenvalue weighted by molar-refractivity contribution is 5.93. The van der Waals surface area contributed by atoms with Gasteiger partial charge in [0.15, 0.2) is 0 Å². The van der Waals surface area contributed by atoms with Crippen molar-refractivity contribution < 1.29 is 0 Å². The molecule has 2 rings (SSSR count). The Balaban J connectivity index is 2.13. The summed E-state index contributed by atoms with van der Waals surface area (Å²) >= 11 is 0. The average Bonchev–Trinajstić information content (AvgIpc) is 2.38. The molecule has 2 heterocycles. The number of piperidine rings is 1. The van der Waals surface area contributed by atoms with Crippen LogP contribution in [0.5, 0.6) is 0 Å². The van der Waals surface area contributed by atoms with Crippen LogP contribution in [0.15, 0.2) is 6.07 Å². The first kappa shape index (κ1) is 13.8. The molecule has 1 aromatic rings. The van der Waals surface area contributed by atoms with Crippen molar-refractivity contribution in [3.05, 3.63) is 17.5 Å². The summed E-state index contributed by atoms with van der Waals surface area (Å²) in [6.07, 6.45) is 2.37. The van der Waals surface area contributed by atoms with Crippen LogP contribution in [0.3, 0.4) is 0 Å². The van der Waals surface area contributed by atoms with Crippen LogP contribution >= 0.6 is 0 Å². The van der Waals surface area contributed by atoms with Gasteiger partial charge in [-0.25, -0.2) is 9.97 Å². The van der Waals surface area contributed by atoms with Crippen molar-refractivity contribution in [2.75, 3.05) is 18.0 Å². The maximum atomic E-state index is 7.50. The molecule has 0 unspecified atom stereocenters. The van der Waals surface area contributed by atoms with E-state index < -0.39 is 0 Å². The molecule has 0 radical (unpaired) electrons. The van der Waals surface area contributed by atoms with Crippen molar-refractivity contribution in [2.24, 2.45) is 17.6 Å². The summed E-state index contributed by atoms with van der Waals surface area (Å²) in [7, 11) is 0. The lowest BCUT2D eigenvalue weighted by atomic mass is 9.87. The summed E-state index contributed by atoms with van der Waals surface area (Å²) in [5.74, 6) is 2.26. The van der Waals surface area contributed by atoms with Crippen molar-refractivity contribution >= 4 is 11.8 Å². The fourth-order valence-corrected chi connectivity index (χ4v) is 2.60. The van der Waals surface area contributed by atoms with Gasteiger partial charge in [-0.15, -0.1) is 0 Å². The molecule has 1 fully saturated rings. The molecule has 0 saturated carbocycles. The minimum atomic E-state index is 0.00353. The van der Waals surface area contributed by atoms with Gasteiger partial charge in [0.1, 0.15) is 11.5 Å². The van der Waals surface area contributed by atoms with Crippen LogP contribution in [0.4, 0.5) is 5.95 Å². The third-order valence-electron chi connectivity index (χ3n) is 3.88. The van der Waals surface area contributed by atoms with Gasteiger partial charge in [-0.3, -0.25) is 5.41 Å². The predicted octanol–water partition coefficient (Wildman–Crippen LogP) is 1.94. The maximum absolute atomic E-state index is 7.50. The van der Waals surface area contributed by atoms with Gasteiger partial charge in [0.2, 0.25) is 5.95 Å². The molecule has 1 aliphatic rings. The third kappa shape index (κ3) is 3.22. The summed E-state index contributed by atoms with van der Waals surface area (Å²) in [6.45, 7) is 8.47. The van der Waals surface area contributed by atoms with E-state index in [1.165, 1.54) is 12.8 Å². The molecule has 3 N–H and O–H groups in total. The van der Waals surface area contributed by atoms with Crippen molar-refractivity contribution in [3.63, 3.8) is 0 Å². The van der Waals surface area contributed by atoms with E-state index in [0.717, 1.165) is 30.6 Å². The topological polar surface area (TPSA) is 78.9 Å². The number of nitrogen functional groups attached to an aromatic ring is 1. The molecular formula is C14H23N5. The Labute approximate surface area is 114 Å². The van der Waals surface area contributed by atoms with Crippen LogP contribution in [-0.4, -0.2) is 28.9 Å². The van der Waals surface area contributed by atoms with Gasteiger partial charge >= 0.3 is 0 Å². The van der Waals surface area contributed by atoms with E-state index in [1.54, 1.807) is 6.07 Å². The zero-order chi connectivity index (χ0) is 14.0. The zero-order valence-corrected chi connectivity index (χ0v) is 12.0. The predicted molar refractivity (Wildman–Crippen MR) is 77.6 cm³/mol. The largest absolute Gasteiger partial charge is 0.382 e. The molecule has 1 aromatic heterocycles. The number of rotatable bonds is 3. The number of amidine groups is 1. The molecule has 1 aliphatic heterocycles. The number of nitrogens with one attached hydrogen (secondary N) is 1. The summed E-state index contributed by atoms with van der Waals surface area (Å²) in [4.78, 5) is 11.1. The van der Waals surface area contributed by atoms with Gasteiger partial charge in [0.05, 0.1) is 0 Å². The van der Waals surface area contributed by atoms with Crippen LogP contribution in [0.2, 0.25) is 0 Å². The van der Waals surface area contributed by atoms with Gasteiger partial charge in [-0.2, -0.15) is 0 Å². The van der Waals surface area contributed by atoms with Crippen molar-refractivity contribution in [1.29, 1.82) is 5.41 Å².